The van der Waals surface area contributed by atoms with Crippen molar-refractivity contribution >= 4 is 12.2 Å². The molecule has 1 aromatic rings. The maximum atomic E-state index is 10.8. The zero-order valence-corrected chi connectivity index (χ0v) is 8.58. The van der Waals surface area contributed by atoms with Crippen molar-refractivity contribution in [2.75, 3.05) is 7.11 Å². The number of H-pyrrole nitrogens is 1. The minimum atomic E-state index is -0.802. The maximum absolute atomic E-state index is 10.8. The number of aromatic amines is 1. The SMILES string of the molecule is CO[C@H](O)CCn1ccc(=O)[nH]c1=S. The molecule has 0 aromatic carbocycles. The Morgan fingerprint density at radius 1 is 1.79 bits per heavy atom. The Hall–Kier alpha value is -0.980. The van der Waals surface area contributed by atoms with Crippen molar-refractivity contribution in [1.29, 1.82) is 0 Å². The van der Waals surface area contributed by atoms with Crippen molar-refractivity contribution in [3.05, 3.63) is 27.4 Å². The molecule has 0 saturated heterocycles. The Morgan fingerprint density at radius 2 is 2.50 bits per heavy atom. The highest BCUT2D eigenvalue weighted by Crippen LogP contribution is 1.96. The van der Waals surface area contributed by atoms with Crippen LogP contribution in [0.3, 0.4) is 0 Å². The zero-order chi connectivity index (χ0) is 10.6. The number of methoxy groups -OCH3 is 1. The summed E-state index contributed by atoms with van der Waals surface area (Å²) < 4.78 is 6.69. The van der Waals surface area contributed by atoms with Crippen molar-refractivity contribution in [2.45, 2.75) is 19.3 Å². The molecule has 78 valence electrons. The van der Waals surface area contributed by atoms with Crippen LogP contribution in [0.4, 0.5) is 0 Å². The average Bonchev–Trinajstić information content (AvgIpc) is 2.16. The van der Waals surface area contributed by atoms with Crippen molar-refractivity contribution in [2.24, 2.45) is 0 Å². The predicted molar refractivity (Wildman–Crippen MR) is 53.5 cm³/mol. The summed E-state index contributed by atoms with van der Waals surface area (Å²) in [6, 6.07) is 1.38. The van der Waals surface area contributed by atoms with Crippen LogP contribution in [0.25, 0.3) is 0 Å². The topological polar surface area (TPSA) is 67.2 Å². The lowest BCUT2D eigenvalue weighted by atomic mass is 10.4. The molecule has 0 bridgehead atoms. The van der Waals surface area contributed by atoms with Gasteiger partial charge in [0.15, 0.2) is 11.1 Å². The number of hydrogen-bond acceptors (Lipinski definition) is 4. The number of nitrogens with one attached hydrogen (secondary N) is 1. The molecule has 14 heavy (non-hydrogen) atoms. The first-order valence-electron chi connectivity index (χ1n) is 4.14. The minimum absolute atomic E-state index is 0.224. The molecule has 0 fully saturated rings. The van der Waals surface area contributed by atoms with Crippen LogP contribution in [-0.2, 0) is 11.3 Å². The third-order valence-electron chi connectivity index (χ3n) is 1.79. The largest absolute Gasteiger partial charge is 0.368 e. The number of rotatable bonds is 4. The highest BCUT2D eigenvalue weighted by molar-refractivity contribution is 7.71. The first-order valence-corrected chi connectivity index (χ1v) is 4.55. The van der Waals surface area contributed by atoms with E-state index in [0.29, 0.717) is 17.7 Å². The number of nitrogens with zero attached hydrogens (tertiary/aromatic N) is 1. The summed E-state index contributed by atoms with van der Waals surface area (Å²) in [6.45, 7) is 0.505. The van der Waals surface area contributed by atoms with Gasteiger partial charge in [-0.3, -0.25) is 9.78 Å². The average molecular weight is 216 g/mol. The van der Waals surface area contributed by atoms with Crippen molar-refractivity contribution in [3.63, 3.8) is 0 Å². The molecule has 0 unspecified atom stereocenters. The minimum Gasteiger partial charge on any atom is -0.368 e. The quantitative estimate of drug-likeness (QED) is 0.559. The van der Waals surface area contributed by atoms with Gasteiger partial charge in [0.25, 0.3) is 5.56 Å². The lowest BCUT2D eigenvalue weighted by Gasteiger charge is -2.09. The molecule has 1 rings (SSSR count). The van der Waals surface area contributed by atoms with E-state index in [9.17, 15) is 4.79 Å². The Balaban J connectivity index is 2.68. The van der Waals surface area contributed by atoms with E-state index in [-0.39, 0.29) is 5.56 Å². The molecule has 0 aliphatic carbocycles. The summed E-state index contributed by atoms with van der Waals surface area (Å²) in [5, 5.41) is 9.12. The number of hydrogen-bond donors (Lipinski definition) is 2. The third kappa shape index (κ3) is 3.06. The van der Waals surface area contributed by atoms with Crippen molar-refractivity contribution < 1.29 is 9.84 Å². The number of aliphatic hydroxyl groups is 1. The summed E-state index contributed by atoms with van der Waals surface area (Å²) in [5.74, 6) is 0. The molecule has 0 aliphatic rings. The highest BCUT2D eigenvalue weighted by Gasteiger charge is 2.01. The molecular formula is C8H12N2O3S. The van der Waals surface area contributed by atoms with Gasteiger partial charge in [0.05, 0.1) is 0 Å². The van der Waals surface area contributed by atoms with Crippen molar-refractivity contribution in [3.8, 4) is 0 Å². The first-order chi connectivity index (χ1) is 6.63. The monoisotopic (exact) mass is 216 g/mol. The summed E-state index contributed by atoms with van der Waals surface area (Å²) in [6.07, 6.45) is 1.21. The molecule has 5 nitrogen and oxygen atoms in total. The van der Waals surface area contributed by atoms with Crippen LogP contribution >= 0.6 is 12.2 Å². The van der Waals surface area contributed by atoms with Crippen molar-refractivity contribution in [1.82, 2.24) is 9.55 Å². The van der Waals surface area contributed by atoms with E-state index in [1.807, 2.05) is 0 Å². The Kier molecular flexibility index (Phi) is 3.99. The lowest BCUT2D eigenvalue weighted by Crippen LogP contribution is -2.16. The maximum Gasteiger partial charge on any atom is 0.251 e. The van der Waals surface area contributed by atoms with E-state index in [0.717, 1.165) is 0 Å². The van der Waals surface area contributed by atoms with Crippen LogP contribution in [0, 0.1) is 4.77 Å². The molecule has 1 heterocycles. The second kappa shape index (κ2) is 5.04. The van der Waals surface area contributed by atoms with E-state index >= 15 is 0 Å². The standard InChI is InChI=1S/C8H12N2O3S/c1-13-7(12)3-5-10-4-2-6(11)9-8(10)14/h2,4,7,12H,3,5H2,1H3,(H,9,11,14)/t7-/m0/s1. The Bertz CT molecular complexity index is 398. The van der Waals surface area contributed by atoms with Gasteiger partial charge in [0, 0.05) is 32.3 Å². The highest BCUT2D eigenvalue weighted by atomic mass is 32.1. The molecule has 1 aromatic heterocycles. The molecule has 1 atom stereocenters. The third-order valence-corrected chi connectivity index (χ3v) is 2.12. The number of aryl methyl sites for hydroxylation is 1. The van der Waals surface area contributed by atoms with Gasteiger partial charge in [-0.15, -0.1) is 0 Å². The molecule has 6 heteroatoms. The van der Waals surface area contributed by atoms with Gasteiger partial charge in [-0.2, -0.15) is 0 Å². The molecule has 2 N–H and O–H groups in total. The zero-order valence-electron chi connectivity index (χ0n) is 7.77. The normalized spacial score (nSPS) is 12.7. The number of aliphatic hydroxyl groups excluding tert-OH is 1. The molecular weight excluding hydrogens is 204 g/mol. The fourth-order valence-corrected chi connectivity index (χ4v) is 1.24. The number of ether oxygens (including phenoxy) is 1. The molecule has 0 amide bonds. The van der Waals surface area contributed by atoms with Gasteiger partial charge in [-0.25, -0.2) is 0 Å². The Morgan fingerprint density at radius 3 is 3.07 bits per heavy atom. The van der Waals surface area contributed by atoms with Gasteiger partial charge in [-0.1, -0.05) is 0 Å². The van der Waals surface area contributed by atoms with Crippen LogP contribution in [0.1, 0.15) is 6.42 Å². The summed E-state index contributed by atoms with van der Waals surface area (Å²) in [5.41, 5.74) is -0.224. The van der Waals surface area contributed by atoms with Gasteiger partial charge in [0.2, 0.25) is 0 Å². The van der Waals surface area contributed by atoms with E-state index in [1.165, 1.54) is 13.2 Å². The fourth-order valence-electron chi connectivity index (χ4n) is 0.988. The summed E-state index contributed by atoms with van der Waals surface area (Å²) in [7, 11) is 1.43. The van der Waals surface area contributed by atoms with Gasteiger partial charge >= 0.3 is 0 Å². The molecule has 0 spiro atoms. The molecule has 0 radical (unpaired) electrons. The molecule has 0 aliphatic heterocycles. The van der Waals surface area contributed by atoms with Gasteiger partial charge in [-0.05, 0) is 12.2 Å². The van der Waals surface area contributed by atoms with E-state index in [1.54, 1.807) is 10.8 Å². The predicted octanol–water partition coefficient (Wildman–Crippen LogP) is 0.261. The summed E-state index contributed by atoms with van der Waals surface area (Å²) in [4.78, 5) is 13.3. The lowest BCUT2D eigenvalue weighted by molar-refractivity contribution is -0.0803. The van der Waals surface area contributed by atoms with E-state index < -0.39 is 6.29 Å². The van der Waals surface area contributed by atoms with Crippen LogP contribution in [0.15, 0.2) is 17.1 Å². The van der Waals surface area contributed by atoms with Crippen LogP contribution in [0.5, 0.6) is 0 Å². The van der Waals surface area contributed by atoms with Gasteiger partial charge in [0.1, 0.15) is 0 Å². The van der Waals surface area contributed by atoms with E-state index in [4.69, 9.17) is 17.3 Å². The second-order valence-corrected chi connectivity index (χ2v) is 3.17. The number of aromatic nitrogens is 2. The van der Waals surface area contributed by atoms with Gasteiger partial charge < -0.3 is 14.4 Å². The summed E-state index contributed by atoms with van der Waals surface area (Å²) >= 11 is 4.91. The molecule has 0 saturated carbocycles. The van der Waals surface area contributed by atoms with Crippen LogP contribution < -0.4 is 5.56 Å². The van der Waals surface area contributed by atoms with Crippen LogP contribution in [-0.4, -0.2) is 28.1 Å². The second-order valence-electron chi connectivity index (χ2n) is 2.78. The smallest absolute Gasteiger partial charge is 0.251 e. The van der Waals surface area contributed by atoms with Crippen LogP contribution in [0.2, 0.25) is 0 Å². The first kappa shape index (κ1) is 11.1. The fraction of sp³-hybridized carbons (Fsp3) is 0.500. The van der Waals surface area contributed by atoms with E-state index in [2.05, 4.69) is 9.72 Å². The Labute approximate surface area is 86.0 Å².